The molecular weight excluding hydrogens is 358 g/mol. The van der Waals surface area contributed by atoms with Gasteiger partial charge in [0.2, 0.25) is 10.0 Å². The van der Waals surface area contributed by atoms with Gasteiger partial charge in [0.25, 0.3) is 5.69 Å². The zero-order valence-corrected chi connectivity index (χ0v) is 14.9. The molecule has 1 aromatic carbocycles. The van der Waals surface area contributed by atoms with E-state index in [-0.39, 0.29) is 16.6 Å². The molecule has 3 heterocycles. The molecule has 0 atom stereocenters. The summed E-state index contributed by atoms with van der Waals surface area (Å²) in [5, 5.41) is 18.5. The van der Waals surface area contributed by atoms with Crippen LogP contribution in [-0.4, -0.2) is 40.5 Å². The van der Waals surface area contributed by atoms with Gasteiger partial charge < -0.3 is 5.32 Å². The van der Waals surface area contributed by atoms with Gasteiger partial charge in [0.15, 0.2) is 0 Å². The smallest absolute Gasteiger partial charge is 0.269 e. The van der Waals surface area contributed by atoms with Crippen molar-refractivity contribution in [3.8, 4) is 0 Å². The Morgan fingerprint density at radius 1 is 1.15 bits per heavy atom. The molecule has 10 heteroatoms. The molecule has 0 unspecified atom stereocenters. The lowest BCUT2D eigenvalue weighted by molar-refractivity contribution is -0.384. The predicted octanol–water partition coefficient (Wildman–Crippen LogP) is 1.42. The van der Waals surface area contributed by atoms with Crippen LogP contribution in [0.25, 0.3) is 0 Å². The van der Waals surface area contributed by atoms with Crippen LogP contribution in [0.5, 0.6) is 0 Å². The number of nitro benzene ring substituents is 1. The molecule has 2 aromatic rings. The number of rotatable bonds is 4. The maximum Gasteiger partial charge on any atom is 0.269 e. The van der Waals surface area contributed by atoms with E-state index >= 15 is 0 Å². The Labute approximate surface area is 150 Å². The van der Waals surface area contributed by atoms with Crippen LogP contribution in [-0.2, 0) is 23.1 Å². The van der Waals surface area contributed by atoms with Crippen molar-refractivity contribution in [2.24, 2.45) is 0 Å². The third-order valence-electron chi connectivity index (χ3n) is 5.05. The molecule has 2 aliphatic rings. The second-order valence-electron chi connectivity index (χ2n) is 6.55. The fourth-order valence-electron chi connectivity index (χ4n) is 3.61. The number of nitrogens with one attached hydrogen (secondary N) is 1. The van der Waals surface area contributed by atoms with Crippen LogP contribution < -0.4 is 5.32 Å². The molecule has 0 bridgehead atoms. The SMILES string of the molecule is O=[N+]([O-])c1ccc(S(=O)(=O)N2CCC(n3ncc4c3CNC4)CC2)cc1. The number of hydrogen-bond donors (Lipinski definition) is 1. The Kier molecular flexibility index (Phi) is 4.25. The summed E-state index contributed by atoms with van der Waals surface area (Å²) in [7, 11) is -3.64. The zero-order valence-electron chi connectivity index (χ0n) is 14.0. The maximum atomic E-state index is 12.8. The third kappa shape index (κ3) is 2.89. The summed E-state index contributed by atoms with van der Waals surface area (Å²) in [6.07, 6.45) is 3.27. The van der Waals surface area contributed by atoms with Crippen LogP contribution in [0.15, 0.2) is 35.4 Å². The summed E-state index contributed by atoms with van der Waals surface area (Å²) in [6, 6.07) is 5.23. The highest BCUT2D eigenvalue weighted by Gasteiger charge is 2.32. The summed E-state index contributed by atoms with van der Waals surface area (Å²) >= 11 is 0. The molecule has 0 aliphatic carbocycles. The molecule has 9 nitrogen and oxygen atoms in total. The normalized spacial score (nSPS) is 18.8. The quantitative estimate of drug-likeness (QED) is 0.637. The van der Waals surface area contributed by atoms with Gasteiger partial charge in [0.1, 0.15) is 0 Å². The molecule has 0 saturated carbocycles. The molecule has 0 amide bonds. The van der Waals surface area contributed by atoms with Crippen LogP contribution in [0.1, 0.15) is 30.1 Å². The van der Waals surface area contributed by atoms with Crippen molar-refractivity contribution in [1.82, 2.24) is 19.4 Å². The Morgan fingerprint density at radius 3 is 2.50 bits per heavy atom. The number of fused-ring (bicyclic) bond motifs is 1. The molecule has 0 spiro atoms. The van der Waals surface area contributed by atoms with Gasteiger partial charge in [-0.2, -0.15) is 9.40 Å². The molecule has 2 aliphatic heterocycles. The van der Waals surface area contributed by atoms with E-state index in [0.29, 0.717) is 25.9 Å². The molecule has 138 valence electrons. The van der Waals surface area contributed by atoms with E-state index in [2.05, 4.69) is 10.4 Å². The lowest BCUT2D eigenvalue weighted by Crippen LogP contribution is -2.39. The van der Waals surface area contributed by atoms with Gasteiger partial charge in [-0.3, -0.25) is 14.8 Å². The number of sulfonamides is 1. The van der Waals surface area contributed by atoms with Gasteiger partial charge in [-0.1, -0.05) is 0 Å². The zero-order chi connectivity index (χ0) is 18.3. The Morgan fingerprint density at radius 2 is 1.85 bits per heavy atom. The maximum absolute atomic E-state index is 12.8. The van der Waals surface area contributed by atoms with Crippen molar-refractivity contribution in [3.63, 3.8) is 0 Å². The monoisotopic (exact) mass is 377 g/mol. The van der Waals surface area contributed by atoms with Crippen LogP contribution >= 0.6 is 0 Å². The van der Waals surface area contributed by atoms with Crippen molar-refractivity contribution in [1.29, 1.82) is 0 Å². The Hall–Kier alpha value is -2.30. The van der Waals surface area contributed by atoms with Gasteiger partial charge in [0.05, 0.1) is 27.8 Å². The fourth-order valence-corrected chi connectivity index (χ4v) is 5.08. The molecule has 1 fully saturated rings. The van der Waals surface area contributed by atoms with Gasteiger partial charge >= 0.3 is 0 Å². The van der Waals surface area contributed by atoms with Crippen LogP contribution in [0.3, 0.4) is 0 Å². The van der Waals surface area contributed by atoms with Crippen molar-refractivity contribution in [2.75, 3.05) is 13.1 Å². The van der Waals surface area contributed by atoms with Crippen molar-refractivity contribution >= 4 is 15.7 Å². The Bertz CT molecular complexity index is 930. The second kappa shape index (κ2) is 6.45. The number of hydrogen-bond acceptors (Lipinski definition) is 6. The first-order valence-electron chi connectivity index (χ1n) is 8.47. The predicted molar refractivity (Wildman–Crippen MR) is 92.9 cm³/mol. The largest absolute Gasteiger partial charge is 0.307 e. The molecular formula is C16H19N5O4S. The Balaban J connectivity index is 1.47. The number of aromatic nitrogens is 2. The van der Waals surface area contributed by atoms with Crippen LogP contribution in [0.4, 0.5) is 5.69 Å². The summed E-state index contributed by atoms with van der Waals surface area (Å²) in [5.74, 6) is 0. The number of benzene rings is 1. The average molecular weight is 377 g/mol. The highest BCUT2D eigenvalue weighted by Crippen LogP contribution is 2.29. The van der Waals surface area contributed by atoms with Gasteiger partial charge in [-0.05, 0) is 25.0 Å². The third-order valence-corrected chi connectivity index (χ3v) is 6.96. The van der Waals surface area contributed by atoms with Crippen LogP contribution in [0.2, 0.25) is 0 Å². The summed E-state index contributed by atoms with van der Waals surface area (Å²) in [5.41, 5.74) is 2.29. The lowest BCUT2D eigenvalue weighted by Gasteiger charge is -2.32. The van der Waals surface area contributed by atoms with E-state index in [1.54, 1.807) is 0 Å². The number of non-ortho nitro benzene ring substituents is 1. The van der Waals surface area contributed by atoms with E-state index in [0.717, 1.165) is 13.1 Å². The first-order chi connectivity index (χ1) is 12.5. The highest BCUT2D eigenvalue weighted by atomic mass is 32.2. The van der Waals surface area contributed by atoms with Crippen LogP contribution in [0, 0.1) is 10.1 Å². The van der Waals surface area contributed by atoms with Crippen molar-refractivity contribution in [3.05, 3.63) is 51.8 Å². The minimum Gasteiger partial charge on any atom is -0.307 e. The minimum absolute atomic E-state index is 0.0886. The molecule has 1 aromatic heterocycles. The molecule has 0 radical (unpaired) electrons. The van der Waals surface area contributed by atoms with Crippen molar-refractivity contribution < 1.29 is 13.3 Å². The van der Waals surface area contributed by atoms with Crippen molar-refractivity contribution in [2.45, 2.75) is 36.9 Å². The van der Waals surface area contributed by atoms with Gasteiger partial charge in [-0.15, -0.1) is 0 Å². The van der Waals surface area contributed by atoms with E-state index in [1.807, 2.05) is 10.9 Å². The minimum atomic E-state index is -3.64. The number of nitro groups is 1. The number of piperidine rings is 1. The molecule has 4 rings (SSSR count). The topological polar surface area (TPSA) is 110 Å². The summed E-state index contributed by atoms with van der Waals surface area (Å²) in [4.78, 5) is 10.3. The second-order valence-corrected chi connectivity index (χ2v) is 8.49. The van der Waals surface area contributed by atoms with E-state index < -0.39 is 14.9 Å². The van der Waals surface area contributed by atoms with Gasteiger partial charge in [-0.25, -0.2) is 8.42 Å². The van der Waals surface area contributed by atoms with E-state index in [9.17, 15) is 18.5 Å². The lowest BCUT2D eigenvalue weighted by atomic mass is 10.1. The fraction of sp³-hybridized carbons (Fsp3) is 0.438. The molecule has 26 heavy (non-hydrogen) atoms. The number of nitrogens with zero attached hydrogens (tertiary/aromatic N) is 4. The molecule has 1 N–H and O–H groups in total. The van der Waals surface area contributed by atoms with E-state index in [4.69, 9.17) is 0 Å². The highest BCUT2D eigenvalue weighted by molar-refractivity contribution is 7.89. The first kappa shape index (κ1) is 17.1. The molecule has 1 saturated heterocycles. The standard InChI is InChI=1S/C16H19N5O4S/c22-21(23)14-1-3-15(4-2-14)26(24,25)19-7-5-13(6-8-19)20-16-11-17-9-12(16)10-18-20/h1-4,10,13,17H,5-9,11H2. The summed E-state index contributed by atoms with van der Waals surface area (Å²) in [6.45, 7) is 2.46. The van der Waals surface area contributed by atoms with Gasteiger partial charge in [0, 0.05) is 43.9 Å². The van der Waals surface area contributed by atoms with E-state index in [1.165, 1.54) is 39.8 Å². The average Bonchev–Trinajstić information content (AvgIpc) is 3.25. The first-order valence-corrected chi connectivity index (χ1v) is 9.91. The summed E-state index contributed by atoms with van der Waals surface area (Å²) < 4.78 is 29.0.